The molecule has 0 aliphatic carbocycles. The van der Waals surface area contributed by atoms with Crippen LogP contribution in [0.1, 0.15) is 45.1 Å². The molecule has 0 atom stereocenters. The number of phenolic OH excluding ortho intramolecular Hbond substituents is 1. The third kappa shape index (κ3) is 5.77. The van der Waals surface area contributed by atoms with Crippen molar-refractivity contribution >= 4 is 5.91 Å². The SMILES string of the molecule is CCCC(CCC)C(=O)NCCc1ccc(O)cc1. The lowest BCUT2D eigenvalue weighted by Gasteiger charge is -2.15. The number of hydrogen-bond acceptors (Lipinski definition) is 2. The van der Waals surface area contributed by atoms with Crippen molar-refractivity contribution in [1.29, 1.82) is 0 Å². The zero-order valence-corrected chi connectivity index (χ0v) is 12.0. The number of hydrogen-bond donors (Lipinski definition) is 2. The number of phenols is 1. The first-order valence-electron chi connectivity index (χ1n) is 7.23. The summed E-state index contributed by atoms with van der Waals surface area (Å²) in [5, 5.41) is 12.2. The molecule has 0 heterocycles. The van der Waals surface area contributed by atoms with E-state index < -0.39 is 0 Å². The summed E-state index contributed by atoms with van der Waals surface area (Å²) < 4.78 is 0. The van der Waals surface area contributed by atoms with Crippen molar-refractivity contribution in [3.8, 4) is 5.75 Å². The molecule has 0 bridgehead atoms. The van der Waals surface area contributed by atoms with Crippen LogP contribution in [0.5, 0.6) is 5.75 Å². The second-order valence-corrected chi connectivity index (χ2v) is 4.98. The summed E-state index contributed by atoms with van der Waals surface area (Å²) in [4.78, 5) is 12.0. The Labute approximate surface area is 116 Å². The van der Waals surface area contributed by atoms with Gasteiger partial charge in [0.15, 0.2) is 0 Å². The van der Waals surface area contributed by atoms with Crippen LogP contribution in [0.4, 0.5) is 0 Å². The second-order valence-electron chi connectivity index (χ2n) is 4.98. The largest absolute Gasteiger partial charge is 0.508 e. The Bertz CT molecular complexity index is 367. The van der Waals surface area contributed by atoms with Crippen LogP contribution in [0.2, 0.25) is 0 Å². The Morgan fingerprint density at radius 1 is 1.16 bits per heavy atom. The molecular weight excluding hydrogens is 238 g/mol. The Hall–Kier alpha value is -1.51. The van der Waals surface area contributed by atoms with E-state index in [2.05, 4.69) is 19.2 Å². The highest BCUT2D eigenvalue weighted by Gasteiger charge is 2.15. The summed E-state index contributed by atoms with van der Waals surface area (Å²) in [5.74, 6) is 0.621. The predicted molar refractivity (Wildman–Crippen MR) is 78.1 cm³/mol. The third-order valence-electron chi connectivity index (χ3n) is 3.29. The predicted octanol–water partition coefficient (Wildman–Crippen LogP) is 3.27. The lowest BCUT2D eigenvalue weighted by atomic mass is 9.97. The lowest BCUT2D eigenvalue weighted by Crippen LogP contribution is -2.32. The fraction of sp³-hybridized carbons (Fsp3) is 0.562. The van der Waals surface area contributed by atoms with E-state index in [1.807, 2.05) is 12.1 Å². The van der Waals surface area contributed by atoms with Gasteiger partial charge in [0.05, 0.1) is 0 Å². The van der Waals surface area contributed by atoms with Crippen molar-refractivity contribution in [1.82, 2.24) is 5.32 Å². The van der Waals surface area contributed by atoms with Gasteiger partial charge in [0, 0.05) is 12.5 Å². The van der Waals surface area contributed by atoms with Gasteiger partial charge in [0.1, 0.15) is 5.75 Å². The molecule has 19 heavy (non-hydrogen) atoms. The number of benzene rings is 1. The molecule has 0 saturated heterocycles. The van der Waals surface area contributed by atoms with Crippen LogP contribution in [0.15, 0.2) is 24.3 Å². The van der Waals surface area contributed by atoms with Gasteiger partial charge in [-0.15, -0.1) is 0 Å². The molecule has 0 radical (unpaired) electrons. The minimum Gasteiger partial charge on any atom is -0.508 e. The molecule has 106 valence electrons. The summed E-state index contributed by atoms with van der Waals surface area (Å²) >= 11 is 0. The molecule has 0 aliphatic heterocycles. The zero-order chi connectivity index (χ0) is 14.1. The van der Waals surface area contributed by atoms with Gasteiger partial charge in [-0.25, -0.2) is 0 Å². The van der Waals surface area contributed by atoms with Crippen molar-refractivity contribution in [2.75, 3.05) is 6.54 Å². The van der Waals surface area contributed by atoms with Gasteiger partial charge in [-0.3, -0.25) is 4.79 Å². The summed E-state index contributed by atoms with van der Waals surface area (Å²) in [7, 11) is 0. The maximum absolute atomic E-state index is 12.0. The van der Waals surface area contributed by atoms with Crippen molar-refractivity contribution in [2.24, 2.45) is 5.92 Å². The van der Waals surface area contributed by atoms with E-state index in [9.17, 15) is 9.90 Å². The van der Waals surface area contributed by atoms with Crippen LogP contribution in [-0.4, -0.2) is 17.6 Å². The number of carbonyl (C=O) groups excluding carboxylic acids is 1. The van der Waals surface area contributed by atoms with Crippen LogP contribution in [-0.2, 0) is 11.2 Å². The van der Waals surface area contributed by atoms with Crippen LogP contribution >= 0.6 is 0 Å². The Kier molecular flexibility index (Phi) is 7.01. The van der Waals surface area contributed by atoms with E-state index in [4.69, 9.17) is 0 Å². The molecule has 0 unspecified atom stereocenters. The van der Waals surface area contributed by atoms with Gasteiger partial charge in [-0.05, 0) is 37.0 Å². The van der Waals surface area contributed by atoms with Gasteiger partial charge in [0.2, 0.25) is 5.91 Å². The standard InChI is InChI=1S/C16H25NO2/c1-3-5-14(6-4-2)16(19)17-12-11-13-7-9-15(18)10-8-13/h7-10,14,18H,3-6,11-12H2,1-2H3,(H,17,19). The zero-order valence-electron chi connectivity index (χ0n) is 12.0. The normalized spacial score (nSPS) is 10.7. The molecule has 0 fully saturated rings. The van der Waals surface area contributed by atoms with E-state index in [0.29, 0.717) is 6.54 Å². The van der Waals surface area contributed by atoms with Crippen LogP contribution in [0, 0.1) is 5.92 Å². The highest BCUT2D eigenvalue weighted by Crippen LogP contribution is 2.14. The number of rotatable bonds is 8. The summed E-state index contributed by atoms with van der Waals surface area (Å²) in [6, 6.07) is 7.12. The monoisotopic (exact) mass is 263 g/mol. The quantitative estimate of drug-likeness (QED) is 0.756. The summed E-state index contributed by atoms with van der Waals surface area (Å²) in [6.45, 7) is 4.90. The van der Waals surface area contributed by atoms with Crippen molar-refractivity contribution < 1.29 is 9.90 Å². The van der Waals surface area contributed by atoms with Crippen LogP contribution in [0.3, 0.4) is 0 Å². The first kappa shape index (κ1) is 15.5. The highest BCUT2D eigenvalue weighted by atomic mass is 16.3. The second kappa shape index (κ2) is 8.57. The molecule has 1 aromatic carbocycles. The lowest BCUT2D eigenvalue weighted by molar-refractivity contribution is -0.125. The molecule has 3 nitrogen and oxygen atoms in total. The van der Waals surface area contributed by atoms with Gasteiger partial charge >= 0.3 is 0 Å². The molecule has 0 aromatic heterocycles. The molecular formula is C16H25NO2. The van der Waals surface area contributed by atoms with E-state index in [1.54, 1.807) is 12.1 Å². The van der Waals surface area contributed by atoms with Crippen molar-refractivity contribution in [3.63, 3.8) is 0 Å². The molecule has 2 N–H and O–H groups in total. The average Bonchev–Trinajstić information content (AvgIpc) is 2.40. The Morgan fingerprint density at radius 2 is 1.74 bits per heavy atom. The number of aromatic hydroxyl groups is 1. The minimum absolute atomic E-state index is 0.162. The molecule has 3 heteroatoms. The minimum atomic E-state index is 0.162. The molecule has 0 saturated carbocycles. The van der Waals surface area contributed by atoms with Crippen LogP contribution in [0.25, 0.3) is 0 Å². The van der Waals surface area contributed by atoms with Gasteiger partial charge in [0.25, 0.3) is 0 Å². The Morgan fingerprint density at radius 3 is 2.26 bits per heavy atom. The third-order valence-corrected chi connectivity index (χ3v) is 3.29. The van der Waals surface area contributed by atoms with E-state index in [-0.39, 0.29) is 17.6 Å². The smallest absolute Gasteiger partial charge is 0.223 e. The molecule has 1 rings (SSSR count). The van der Waals surface area contributed by atoms with E-state index in [0.717, 1.165) is 37.7 Å². The van der Waals surface area contributed by atoms with Crippen molar-refractivity contribution in [3.05, 3.63) is 29.8 Å². The fourth-order valence-corrected chi connectivity index (χ4v) is 2.24. The number of nitrogens with one attached hydrogen (secondary N) is 1. The maximum Gasteiger partial charge on any atom is 0.223 e. The van der Waals surface area contributed by atoms with Crippen LogP contribution < -0.4 is 5.32 Å². The molecule has 0 spiro atoms. The van der Waals surface area contributed by atoms with Gasteiger partial charge in [-0.1, -0.05) is 38.8 Å². The molecule has 1 amide bonds. The average molecular weight is 263 g/mol. The Balaban J connectivity index is 2.34. The van der Waals surface area contributed by atoms with Gasteiger partial charge in [-0.2, -0.15) is 0 Å². The van der Waals surface area contributed by atoms with Crippen molar-refractivity contribution in [2.45, 2.75) is 46.0 Å². The first-order chi connectivity index (χ1) is 9.17. The summed E-state index contributed by atoms with van der Waals surface area (Å²) in [5.41, 5.74) is 1.13. The molecule has 0 aliphatic rings. The number of amides is 1. The highest BCUT2D eigenvalue weighted by molar-refractivity contribution is 5.78. The fourth-order valence-electron chi connectivity index (χ4n) is 2.24. The maximum atomic E-state index is 12.0. The van der Waals surface area contributed by atoms with E-state index >= 15 is 0 Å². The molecule has 1 aromatic rings. The first-order valence-corrected chi connectivity index (χ1v) is 7.23. The van der Waals surface area contributed by atoms with Gasteiger partial charge < -0.3 is 10.4 Å². The summed E-state index contributed by atoms with van der Waals surface area (Å²) in [6.07, 6.45) is 4.85. The number of carbonyl (C=O) groups is 1. The van der Waals surface area contributed by atoms with E-state index in [1.165, 1.54) is 0 Å². The topological polar surface area (TPSA) is 49.3 Å².